The minimum atomic E-state index is -0.654. The Morgan fingerprint density at radius 2 is 2.12 bits per heavy atom. The van der Waals surface area contributed by atoms with Crippen LogP contribution in [0.3, 0.4) is 0 Å². The summed E-state index contributed by atoms with van der Waals surface area (Å²) in [7, 11) is 0. The summed E-state index contributed by atoms with van der Waals surface area (Å²) in [4.78, 5) is 28.4. The van der Waals surface area contributed by atoms with Crippen molar-refractivity contribution in [2.75, 3.05) is 24.6 Å². The molecule has 3 aliphatic carbocycles. The van der Waals surface area contributed by atoms with Gasteiger partial charge in [0, 0.05) is 42.2 Å². The monoisotopic (exact) mass is 463 g/mol. The molecule has 1 atom stereocenters. The van der Waals surface area contributed by atoms with Gasteiger partial charge in [0.15, 0.2) is 5.65 Å². The molecule has 3 aromatic rings. The minimum Gasteiger partial charge on any atom is -0.461 e. The van der Waals surface area contributed by atoms with E-state index in [1.165, 1.54) is 0 Å². The van der Waals surface area contributed by atoms with E-state index in [2.05, 4.69) is 41.4 Å². The van der Waals surface area contributed by atoms with Crippen LogP contribution >= 0.6 is 0 Å². The SMILES string of the molecule is C[C@@H](O)COc1nc(C(=O)NC23CC(C2)C3)cc(N2CCC(c3n[nH]c4ncccc34)CC2)n1. The molecule has 0 radical (unpaired) electrons. The van der Waals surface area contributed by atoms with Crippen molar-refractivity contribution in [2.24, 2.45) is 5.92 Å². The van der Waals surface area contributed by atoms with Gasteiger partial charge >= 0.3 is 6.01 Å². The molecule has 34 heavy (non-hydrogen) atoms. The lowest BCUT2D eigenvalue weighted by atomic mass is 9.50. The normalized spacial score (nSPS) is 24.9. The van der Waals surface area contributed by atoms with Gasteiger partial charge in [0.05, 0.1) is 11.8 Å². The second-order valence-electron chi connectivity index (χ2n) is 10.0. The summed E-state index contributed by atoms with van der Waals surface area (Å²) < 4.78 is 5.60. The van der Waals surface area contributed by atoms with E-state index in [9.17, 15) is 9.90 Å². The zero-order chi connectivity index (χ0) is 23.3. The summed E-state index contributed by atoms with van der Waals surface area (Å²) in [6.07, 6.45) is 6.12. The number of rotatable bonds is 7. The van der Waals surface area contributed by atoms with E-state index >= 15 is 0 Å². The lowest BCUT2D eigenvalue weighted by Crippen LogP contribution is -2.68. The second-order valence-corrected chi connectivity index (χ2v) is 10.0. The van der Waals surface area contributed by atoms with E-state index in [4.69, 9.17) is 4.74 Å². The van der Waals surface area contributed by atoms with Crippen molar-refractivity contribution < 1.29 is 14.6 Å². The van der Waals surface area contributed by atoms with E-state index in [0.29, 0.717) is 17.4 Å². The first-order chi connectivity index (χ1) is 16.5. The number of hydrogen-bond donors (Lipinski definition) is 3. The van der Waals surface area contributed by atoms with Crippen LogP contribution in [0.5, 0.6) is 6.01 Å². The Morgan fingerprint density at radius 3 is 2.82 bits per heavy atom. The van der Waals surface area contributed by atoms with Gasteiger partial charge in [0.25, 0.3) is 5.91 Å². The third kappa shape index (κ3) is 3.85. The highest BCUT2D eigenvalue weighted by Gasteiger charge is 2.57. The Bertz CT molecular complexity index is 1200. The highest BCUT2D eigenvalue weighted by atomic mass is 16.5. The Morgan fingerprint density at radius 1 is 1.32 bits per heavy atom. The number of pyridine rings is 1. The quantitative estimate of drug-likeness (QED) is 0.486. The summed E-state index contributed by atoms with van der Waals surface area (Å²) in [5.41, 5.74) is 2.15. The average Bonchev–Trinajstić information content (AvgIpc) is 3.23. The number of H-pyrrole nitrogens is 1. The standard InChI is InChI=1S/C24H29N7O3/c1-14(32)13-34-23-26-18(22(33)28-24-10-15(11-24)12-24)9-19(27-23)31-7-4-16(5-8-31)20-17-3-2-6-25-21(17)30-29-20/h2-3,6,9,14-16,32H,4-5,7-8,10-13H2,1H3,(H,28,33)(H,25,29,30)/t14-,15?,24?/m1/s1. The summed E-state index contributed by atoms with van der Waals surface area (Å²) in [5.74, 6) is 1.59. The number of aromatic nitrogens is 5. The molecule has 3 saturated carbocycles. The molecule has 0 spiro atoms. The van der Waals surface area contributed by atoms with Gasteiger partial charge in [0.2, 0.25) is 0 Å². The number of carbonyl (C=O) groups is 1. The molecule has 10 heteroatoms. The zero-order valence-corrected chi connectivity index (χ0v) is 19.2. The predicted octanol–water partition coefficient (Wildman–Crippen LogP) is 2.17. The molecule has 4 aliphatic rings. The summed E-state index contributed by atoms with van der Waals surface area (Å²) in [5, 5.41) is 21.4. The Balaban J connectivity index is 1.19. The second kappa shape index (κ2) is 8.19. The first-order valence-electron chi connectivity index (χ1n) is 12.0. The van der Waals surface area contributed by atoms with Crippen molar-refractivity contribution in [1.29, 1.82) is 0 Å². The molecule has 1 amide bonds. The third-order valence-electron chi connectivity index (χ3n) is 7.37. The first kappa shape index (κ1) is 21.3. The molecule has 1 aliphatic heterocycles. The van der Waals surface area contributed by atoms with Gasteiger partial charge in [-0.05, 0) is 57.1 Å². The first-order valence-corrected chi connectivity index (χ1v) is 12.0. The number of amides is 1. The molecule has 7 rings (SSSR count). The Hall–Kier alpha value is -3.27. The number of carbonyl (C=O) groups excluding carboxylic acids is 1. The maximum atomic E-state index is 13.0. The number of aliphatic hydroxyl groups is 1. The molecular weight excluding hydrogens is 434 g/mol. The van der Waals surface area contributed by atoms with Crippen molar-refractivity contribution in [3.63, 3.8) is 0 Å². The van der Waals surface area contributed by atoms with Crippen molar-refractivity contribution in [2.45, 2.75) is 56.6 Å². The number of nitrogens with zero attached hydrogens (tertiary/aromatic N) is 5. The molecule has 4 fully saturated rings. The summed E-state index contributed by atoms with van der Waals surface area (Å²) in [6.45, 7) is 3.26. The molecular formula is C24H29N7O3. The van der Waals surface area contributed by atoms with Gasteiger partial charge in [-0.2, -0.15) is 15.1 Å². The number of aromatic amines is 1. The fraction of sp³-hybridized carbons (Fsp3) is 0.542. The molecule has 2 bridgehead atoms. The number of aliphatic hydroxyl groups excluding tert-OH is 1. The predicted molar refractivity (Wildman–Crippen MR) is 125 cm³/mol. The van der Waals surface area contributed by atoms with Crippen LogP contribution in [-0.4, -0.2) is 67.5 Å². The largest absolute Gasteiger partial charge is 0.461 e. The van der Waals surface area contributed by atoms with Crippen molar-refractivity contribution >= 4 is 22.8 Å². The van der Waals surface area contributed by atoms with Crippen LogP contribution in [0.1, 0.15) is 61.1 Å². The van der Waals surface area contributed by atoms with Crippen LogP contribution in [0.15, 0.2) is 24.4 Å². The molecule has 0 unspecified atom stereocenters. The summed E-state index contributed by atoms with van der Waals surface area (Å²) >= 11 is 0. The van der Waals surface area contributed by atoms with Crippen LogP contribution in [0.2, 0.25) is 0 Å². The van der Waals surface area contributed by atoms with Crippen LogP contribution in [0, 0.1) is 5.92 Å². The molecule has 10 nitrogen and oxygen atoms in total. The van der Waals surface area contributed by atoms with Gasteiger partial charge in [-0.25, -0.2) is 4.98 Å². The number of piperidine rings is 1. The molecule has 3 N–H and O–H groups in total. The maximum Gasteiger partial charge on any atom is 0.319 e. The van der Waals surface area contributed by atoms with E-state index < -0.39 is 6.10 Å². The molecule has 4 heterocycles. The number of hydrogen-bond acceptors (Lipinski definition) is 8. The smallest absolute Gasteiger partial charge is 0.319 e. The van der Waals surface area contributed by atoms with E-state index in [0.717, 1.165) is 67.8 Å². The average molecular weight is 464 g/mol. The molecule has 0 aromatic carbocycles. The van der Waals surface area contributed by atoms with Crippen molar-refractivity contribution in [3.8, 4) is 6.01 Å². The summed E-state index contributed by atoms with van der Waals surface area (Å²) in [6, 6.07) is 5.86. The van der Waals surface area contributed by atoms with Crippen LogP contribution in [0.25, 0.3) is 11.0 Å². The topological polar surface area (TPSA) is 129 Å². The van der Waals surface area contributed by atoms with Crippen LogP contribution < -0.4 is 15.0 Å². The van der Waals surface area contributed by atoms with Gasteiger partial charge < -0.3 is 20.1 Å². The zero-order valence-electron chi connectivity index (χ0n) is 19.2. The minimum absolute atomic E-state index is 0.0347. The van der Waals surface area contributed by atoms with E-state index in [1.807, 2.05) is 6.07 Å². The third-order valence-corrected chi connectivity index (χ3v) is 7.37. The Kier molecular flexibility index (Phi) is 5.13. The van der Waals surface area contributed by atoms with Crippen molar-refractivity contribution in [1.82, 2.24) is 30.5 Å². The highest BCUT2D eigenvalue weighted by molar-refractivity contribution is 5.94. The fourth-order valence-corrected chi connectivity index (χ4v) is 5.45. The molecule has 3 aromatic heterocycles. The maximum absolute atomic E-state index is 13.0. The highest BCUT2D eigenvalue weighted by Crippen LogP contribution is 2.57. The van der Waals surface area contributed by atoms with Crippen molar-refractivity contribution in [3.05, 3.63) is 35.8 Å². The number of nitrogens with one attached hydrogen (secondary N) is 2. The van der Waals surface area contributed by atoms with E-state index in [1.54, 1.807) is 19.2 Å². The van der Waals surface area contributed by atoms with E-state index in [-0.39, 0.29) is 24.1 Å². The van der Waals surface area contributed by atoms with Gasteiger partial charge in [-0.3, -0.25) is 9.89 Å². The van der Waals surface area contributed by atoms with Gasteiger partial charge in [-0.1, -0.05) is 0 Å². The molecule has 178 valence electrons. The number of ether oxygens (including phenoxy) is 1. The van der Waals surface area contributed by atoms with Gasteiger partial charge in [-0.15, -0.1) is 0 Å². The van der Waals surface area contributed by atoms with Crippen LogP contribution in [0.4, 0.5) is 5.82 Å². The number of fused-ring (bicyclic) bond motifs is 1. The fourth-order valence-electron chi connectivity index (χ4n) is 5.45. The van der Waals surface area contributed by atoms with Crippen LogP contribution in [-0.2, 0) is 0 Å². The van der Waals surface area contributed by atoms with Gasteiger partial charge in [0.1, 0.15) is 18.1 Å². The molecule has 1 saturated heterocycles. The number of anilines is 1. The lowest BCUT2D eigenvalue weighted by Gasteiger charge is -2.61. The lowest BCUT2D eigenvalue weighted by molar-refractivity contribution is -0.0439. The Labute approximate surface area is 197 Å².